The number of aliphatic hydroxyl groups is 1. The Morgan fingerprint density at radius 1 is 1.05 bits per heavy atom. The van der Waals surface area contributed by atoms with Crippen LogP contribution in [0.1, 0.15) is 28.9 Å². The Kier molecular flexibility index (Phi) is 6.30. The zero-order valence-electron chi connectivity index (χ0n) is 20.6. The van der Waals surface area contributed by atoms with E-state index in [0.29, 0.717) is 15.4 Å². The predicted octanol–water partition coefficient (Wildman–Crippen LogP) is 4.76. The van der Waals surface area contributed by atoms with Gasteiger partial charge in [-0.2, -0.15) is 0 Å². The number of aromatic nitrogens is 1. The van der Waals surface area contributed by atoms with Gasteiger partial charge in [-0.25, -0.2) is 4.98 Å². The van der Waals surface area contributed by atoms with Crippen molar-refractivity contribution in [1.29, 1.82) is 0 Å². The van der Waals surface area contributed by atoms with Crippen LogP contribution in [-0.4, -0.2) is 40.3 Å². The quantitative estimate of drug-likeness (QED) is 0.271. The molecule has 2 aromatic heterocycles. The fourth-order valence-corrected chi connectivity index (χ4v) is 6.39. The third-order valence-electron chi connectivity index (χ3n) is 7.13. The molecular weight excluding hydrogens is 498 g/mol. The second kappa shape index (κ2) is 9.92. The van der Waals surface area contributed by atoms with Gasteiger partial charge in [0.05, 0.1) is 16.8 Å². The smallest absolute Gasteiger partial charge is 0.263 e. The summed E-state index contributed by atoms with van der Waals surface area (Å²) in [5, 5.41) is 21.2. The van der Waals surface area contributed by atoms with Crippen LogP contribution in [0.3, 0.4) is 0 Å². The number of carbonyl (C=O) groups is 2. The Morgan fingerprint density at radius 2 is 1.82 bits per heavy atom. The Balaban J connectivity index is 1.34. The third-order valence-corrected chi connectivity index (χ3v) is 8.23. The summed E-state index contributed by atoms with van der Waals surface area (Å²) in [6.07, 6.45) is 4.33. The Labute approximate surface area is 224 Å². The zero-order chi connectivity index (χ0) is 26.2. The predicted molar refractivity (Wildman–Crippen MR) is 150 cm³/mol. The molecule has 1 saturated carbocycles. The van der Waals surface area contributed by atoms with E-state index in [2.05, 4.69) is 27.5 Å². The number of thiophene rings is 1. The molecule has 4 N–H and O–H groups in total. The number of benzene rings is 2. The van der Waals surface area contributed by atoms with E-state index in [1.54, 1.807) is 6.20 Å². The van der Waals surface area contributed by atoms with Gasteiger partial charge >= 0.3 is 0 Å². The minimum atomic E-state index is -1.09. The van der Waals surface area contributed by atoms with Gasteiger partial charge in [0.15, 0.2) is 0 Å². The number of pyridine rings is 1. The zero-order valence-corrected chi connectivity index (χ0v) is 21.4. The minimum Gasteiger partial charge on any atom is -0.356 e. The lowest BCUT2D eigenvalue weighted by molar-refractivity contribution is -0.117. The number of nitrogens with zero attached hydrogens (tertiary/aromatic N) is 2. The van der Waals surface area contributed by atoms with Crippen molar-refractivity contribution in [2.24, 2.45) is 0 Å². The van der Waals surface area contributed by atoms with Crippen LogP contribution >= 0.6 is 11.3 Å². The second-order valence-corrected chi connectivity index (χ2v) is 10.4. The maximum absolute atomic E-state index is 13.4. The molecule has 2 amide bonds. The molecule has 192 valence electrons. The van der Waals surface area contributed by atoms with Crippen molar-refractivity contribution < 1.29 is 14.7 Å². The average molecular weight is 526 g/mol. The van der Waals surface area contributed by atoms with Crippen molar-refractivity contribution in [3.05, 3.63) is 84.4 Å². The van der Waals surface area contributed by atoms with Gasteiger partial charge in [-0.05, 0) is 54.7 Å². The Morgan fingerprint density at radius 3 is 2.61 bits per heavy atom. The highest BCUT2D eigenvalue weighted by atomic mass is 32.1. The van der Waals surface area contributed by atoms with Crippen molar-refractivity contribution in [2.45, 2.75) is 37.7 Å². The fraction of sp³-hybridized carbons (Fsp3) is 0.207. The van der Waals surface area contributed by atoms with Gasteiger partial charge in [0.2, 0.25) is 12.3 Å². The van der Waals surface area contributed by atoms with Crippen molar-refractivity contribution in [3.63, 3.8) is 0 Å². The number of carbonyl (C=O) groups excluding carboxylic acids is 2. The molecule has 9 heteroatoms. The molecule has 6 rings (SSSR count). The van der Waals surface area contributed by atoms with Gasteiger partial charge in [-0.15, -0.1) is 11.3 Å². The second-order valence-electron chi connectivity index (χ2n) is 9.45. The summed E-state index contributed by atoms with van der Waals surface area (Å²) in [4.78, 5) is 32.8. The Bertz CT molecular complexity index is 1540. The number of aliphatic hydroxyl groups excluding tert-OH is 1. The van der Waals surface area contributed by atoms with Crippen LogP contribution in [0.25, 0.3) is 21.3 Å². The largest absolute Gasteiger partial charge is 0.356 e. The number of nitrogens with one attached hydrogen (secondary N) is 3. The summed E-state index contributed by atoms with van der Waals surface area (Å²) in [5.41, 5.74) is 4.27. The maximum Gasteiger partial charge on any atom is 0.263 e. The normalized spacial score (nSPS) is 20.1. The van der Waals surface area contributed by atoms with E-state index in [1.165, 1.54) is 17.4 Å². The topological polar surface area (TPSA) is 107 Å². The van der Waals surface area contributed by atoms with E-state index in [0.717, 1.165) is 47.2 Å². The molecule has 0 saturated heterocycles. The van der Waals surface area contributed by atoms with Gasteiger partial charge in [-0.1, -0.05) is 49.0 Å². The van der Waals surface area contributed by atoms with Crippen LogP contribution in [0.2, 0.25) is 0 Å². The number of anilines is 3. The average Bonchev–Trinajstić information content (AvgIpc) is 3.54. The van der Waals surface area contributed by atoms with Gasteiger partial charge in [0, 0.05) is 24.0 Å². The van der Waals surface area contributed by atoms with Crippen LogP contribution in [0, 0.1) is 0 Å². The third kappa shape index (κ3) is 4.29. The molecule has 2 aromatic carbocycles. The van der Waals surface area contributed by atoms with Crippen molar-refractivity contribution in [2.75, 3.05) is 10.2 Å². The van der Waals surface area contributed by atoms with Crippen LogP contribution in [0.4, 0.5) is 17.1 Å². The molecule has 0 spiro atoms. The summed E-state index contributed by atoms with van der Waals surface area (Å²) in [7, 11) is 0. The molecule has 1 fully saturated rings. The number of hydrogen-bond acceptors (Lipinski definition) is 7. The minimum absolute atomic E-state index is 0.144. The maximum atomic E-state index is 13.4. The lowest BCUT2D eigenvalue weighted by atomic mass is 10.0. The summed E-state index contributed by atoms with van der Waals surface area (Å²) in [6, 6.07) is 19.6. The fourth-order valence-electron chi connectivity index (χ4n) is 5.36. The first kappa shape index (κ1) is 24.1. The lowest BCUT2D eigenvalue weighted by Crippen LogP contribution is -2.48. The first-order valence-corrected chi connectivity index (χ1v) is 13.4. The molecule has 1 unspecified atom stereocenters. The van der Waals surface area contributed by atoms with E-state index < -0.39 is 6.35 Å². The van der Waals surface area contributed by atoms with E-state index in [1.807, 2.05) is 65.6 Å². The first-order chi connectivity index (χ1) is 18.5. The Hall–Kier alpha value is -4.21. The molecular formula is C29H27N5O3S. The molecule has 1 aliphatic heterocycles. The number of hydrogen-bond donors (Lipinski definition) is 4. The molecule has 3 atom stereocenters. The van der Waals surface area contributed by atoms with Crippen molar-refractivity contribution >= 4 is 50.4 Å². The molecule has 0 radical (unpaired) electrons. The molecule has 2 aliphatic rings. The summed E-state index contributed by atoms with van der Waals surface area (Å²) < 4.78 is 0. The van der Waals surface area contributed by atoms with E-state index in [-0.39, 0.29) is 23.9 Å². The van der Waals surface area contributed by atoms with Crippen molar-refractivity contribution in [1.82, 2.24) is 15.6 Å². The van der Waals surface area contributed by atoms with Gasteiger partial charge in [0.1, 0.15) is 9.71 Å². The van der Waals surface area contributed by atoms with E-state index in [9.17, 15) is 14.7 Å². The SMILES string of the molecule is C=CC(=O)N[C@H]1CCC[C@H]1NC(=O)c1sc2nccc3c2c1NC(O)N3c1cccc(-c2ccccc2)c1. The van der Waals surface area contributed by atoms with Gasteiger partial charge in [-0.3, -0.25) is 14.5 Å². The van der Waals surface area contributed by atoms with Crippen LogP contribution in [-0.2, 0) is 4.79 Å². The van der Waals surface area contributed by atoms with Crippen molar-refractivity contribution in [3.8, 4) is 11.1 Å². The summed E-state index contributed by atoms with van der Waals surface area (Å²) in [5.74, 6) is -0.499. The molecule has 4 aromatic rings. The number of amides is 2. The van der Waals surface area contributed by atoms with Crippen LogP contribution < -0.4 is 20.9 Å². The molecule has 8 nitrogen and oxygen atoms in total. The number of rotatable bonds is 6. The molecule has 3 heterocycles. The van der Waals surface area contributed by atoms with E-state index >= 15 is 0 Å². The summed E-state index contributed by atoms with van der Waals surface area (Å²) >= 11 is 1.29. The first-order valence-electron chi connectivity index (χ1n) is 12.6. The van der Waals surface area contributed by atoms with E-state index in [4.69, 9.17) is 0 Å². The highest BCUT2D eigenvalue weighted by Crippen LogP contribution is 2.46. The lowest BCUT2D eigenvalue weighted by Gasteiger charge is -2.35. The van der Waals surface area contributed by atoms with Crippen LogP contribution in [0.15, 0.2) is 79.5 Å². The van der Waals surface area contributed by atoms with Gasteiger partial charge < -0.3 is 21.1 Å². The highest BCUT2D eigenvalue weighted by molar-refractivity contribution is 7.21. The molecule has 38 heavy (non-hydrogen) atoms. The molecule has 1 aliphatic carbocycles. The van der Waals surface area contributed by atoms with Gasteiger partial charge in [0.25, 0.3) is 5.91 Å². The standard InChI is InChI=1S/C29H27N5O3S/c1-2-23(35)31-20-12-7-13-21(20)32-27(36)26-25-24-22(14-15-30-28(24)38-26)34(29(37)33-25)19-11-6-10-18(16-19)17-8-4-3-5-9-17/h2-6,8-11,14-16,20-21,29,33,37H,1,7,12-13H2,(H,31,35)(H,32,36)/t20-,21+,29?/m0/s1. The summed E-state index contributed by atoms with van der Waals surface area (Å²) in [6.45, 7) is 3.51. The van der Waals surface area contributed by atoms with Crippen LogP contribution in [0.5, 0.6) is 0 Å². The molecule has 0 bridgehead atoms. The monoisotopic (exact) mass is 525 g/mol. The highest BCUT2D eigenvalue weighted by Gasteiger charge is 2.35.